The van der Waals surface area contributed by atoms with Crippen molar-refractivity contribution in [2.24, 2.45) is 5.92 Å². The molecule has 2 N–H and O–H groups in total. The first-order valence-corrected chi connectivity index (χ1v) is 7.88. The average molecular weight is 272 g/mol. The van der Waals surface area contributed by atoms with Crippen LogP contribution in [-0.4, -0.2) is 25.0 Å². The van der Waals surface area contributed by atoms with Gasteiger partial charge in [0.1, 0.15) is 0 Å². The number of amides is 1. The Bertz CT molecular complexity index is 442. The van der Waals surface area contributed by atoms with Crippen LogP contribution in [0, 0.1) is 5.92 Å². The van der Waals surface area contributed by atoms with Crippen LogP contribution in [0.1, 0.15) is 43.6 Å². The van der Waals surface area contributed by atoms with E-state index in [1.807, 2.05) is 6.07 Å². The zero-order valence-corrected chi connectivity index (χ0v) is 12.0. The summed E-state index contributed by atoms with van der Waals surface area (Å²) in [6.07, 6.45) is 6.15. The van der Waals surface area contributed by atoms with Crippen molar-refractivity contribution in [1.82, 2.24) is 10.6 Å². The number of benzene rings is 1. The molecular weight excluding hydrogens is 248 g/mol. The summed E-state index contributed by atoms with van der Waals surface area (Å²) >= 11 is 0. The highest BCUT2D eigenvalue weighted by Gasteiger charge is 2.29. The fourth-order valence-electron chi connectivity index (χ4n) is 3.20. The van der Waals surface area contributed by atoms with Crippen molar-refractivity contribution in [2.45, 2.75) is 44.1 Å². The second-order valence-corrected chi connectivity index (χ2v) is 6.20. The summed E-state index contributed by atoms with van der Waals surface area (Å²) in [6, 6.07) is 10.9. The molecule has 2 fully saturated rings. The Balaban J connectivity index is 1.49. The lowest BCUT2D eigenvalue weighted by Crippen LogP contribution is -2.41. The molecule has 1 amide bonds. The summed E-state index contributed by atoms with van der Waals surface area (Å²) in [6.45, 7) is 1.47. The van der Waals surface area contributed by atoms with Crippen LogP contribution in [0.3, 0.4) is 0 Å². The van der Waals surface area contributed by atoms with Crippen LogP contribution >= 0.6 is 0 Å². The third-order valence-electron chi connectivity index (χ3n) is 4.51. The average Bonchev–Trinajstić information content (AvgIpc) is 3.17. The van der Waals surface area contributed by atoms with Gasteiger partial charge in [0.2, 0.25) is 5.91 Å². The first-order valence-electron chi connectivity index (χ1n) is 7.88. The van der Waals surface area contributed by atoms with E-state index in [9.17, 15) is 4.79 Å². The molecule has 108 valence electrons. The summed E-state index contributed by atoms with van der Waals surface area (Å²) < 4.78 is 0. The molecule has 2 atom stereocenters. The molecule has 0 aromatic heterocycles. The van der Waals surface area contributed by atoms with E-state index >= 15 is 0 Å². The smallest absolute Gasteiger partial charge is 0.234 e. The van der Waals surface area contributed by atoms with Gasteiger partial charge in [0.05, 0.1) is 6.54 Å². The van der Waals surface area contributed by atoms with Gasteiger partial charge in [-0.2, -0.15) is 0 Å². The second-order valence-electron chi connectivity index (χ2n) is 6.20. The van der Waals surface area contributed by atoms with Gasteiger partial charge in [-0.15, -0.1) is 0 Å². The molecule has 3 nitrogen and oxygen atoms in total. The SMILES string of the molecule is O=C(CNCC1CC1)NC1CCCC1c1ccccc1. The van der Waals surface area contributed by atoms with Crippen molar-refractivity contribution >= 4 is 5.91 Å². The van der Waals surface area contributed by atoms with Gasteiger partial charge >= 0.3 is 0 Å². The highest BCUT2D eigenvalue weighted by atomic mass is 16.2. The Hall–Kier alpha value is -1.35. The molecule has 1 aromatic carbocycles. The molecule has 0 radical (unpaired) electrons. The zero-order valence-electron chi connectivity index (χ0n) is 12.0. The molecular formula is C17H24N2O. The van der Waals surface area contributed by atoms with Crippen LogP contribution in [0.4, 0.5) is 0 Å². The second kappa shape index (κ2) is 6.40. The van der Waals surface area contributed by atoms with Gasteiger partial charge in [-0.05, 0) is 43.7 Å². The molecule has 0 heterocycles. The van der Waals surface area contributed by atoms with Crippen molar-refractivity contribution in [3.05, 3.63) is 35.9 Å². The summed E-state index contributed by atoms with van der Waals surface area (Å²) in [5, 5.41) is 6.48. The van der Waals surface area contributed by atoms with E-state index in [0.29, 0.717) is 18.5 Å². The van der Waals surface area contributed by atoms with Crippen LogP contribution in [0.5, 0.6) is 0 Å². The fraction of sp³-hybridized carbons (Fsp3) is 0.588. The van der Waals surface area contributed by atoms with Crippen LogP contribution in [0.2, 0.25) is 0 Å². The maximum atomic E-state index is 12.0. The number of carbonyl (C=O) groups excluding carboxylic acids is 1. The summed E-state index contributed by atoms with van der Waals surface area (Å²) in [4.78, 5) is 12.0. The lowest BCUT2D eigenvalue weighted by molar-refractivity contribution is -0.121. The van der Waals surface area contributed by atoms with Crippen LogP contribution in [0.15, 0.2) is 30.3 Å². The van der Waals surface area contributed by atoms with E-state index in [2.05, 4.69) is 34.9 Å². The van der Waals surface area contributed by atoms with Gasteiger partial charge in [0.15, 0.2) is 0 Å². The van der Waals surface area contributed by atoms with Crippen LogP contribution in [-0.2, 0) is 4.79 Å². The zero-order chi connectivity index (χ0) is 13.8. The standard InChI is InChI=1S/C17H24N2O/c20-17(12-18-11-13-9-10-13)19-16-8-4-7-15(16)14-5-2-1-3-6-14/h1-3,5-6,13,15-16,18H,4,7-12H2,(H,19,20). The number of rotatable bonds is 6. The molecule has 0 spiro atoms. The van der Waals surface area contributed by atoms with E-state index < -0.39 is 0 Å². The van der Waals surface area contributed by atoms with E-state index in [-0.39, 0.29) is 5.91 Å². The molecule has 0 saturated heterocycles. The minimum atomic E-state index is 0.151. The van der Waals surface area contributed by atoms with Crippen molar-refractivity contribution < 1.29 is 4.79 Å². The van der Waals surface area contributed by atoms with Crippen LogP contribution in [0.25, 0.3) is 0 Å². The van der Waals surface area contributed by atoms with Crippen LogP contribution < -0.4 is 10.6 Å². The molecule has 2 saturated carbocycles. The Morgan fingerprint density at radius 3 is 2.65 bits per heavy atom. The molecule has 2 unspecified atom stereocenters. The molecule has 20 heavy (non-hydrogen) atoms. The summed E-state index contributed by atoms with van der Waals surface area (Å²) in [5.74, 6) is 1.47. The normalized spacial score (nSPS) is 25.6. The maximum Gasteiger partial charge on any atom is 0.234 e. The lowest BCUT2D eigenvalue weighted by Gasteiger charge is -2.21. The van der Waals surface area contributed by atoms with Crippen molar-refractivity contribution in [1.29, 1.82) is 0 Å². The molecule has 2 aliphatic carbocycles. The minimum Gasteiger partial charge on any atom is -0.352 e. The van der Waals surface area contributed by atoms with E-state index in [1.165, 1.54) is 31.2 Å². The molecule has 0 bridgehead atoms. The van der Waals surface area contributed by atoms with Gasteiger partial charge in [-0.3, -0.25) is 4.79 Å². The number of nitrogens with one attached hydrogen (secondary N) is 2. The maximum absolute atomic E-state index is 12.0. The van der Waals surface area contributed by atoms with Gasteiger partial charge in [-0.1, -0.05) is 36.8 Å². The minimum absolute atomic E-state index is 0.151. The Morgan fingerprint density at radius 1 is 1.10 bits per heavy atom. The van der Waals surface area contributed by atoms with Gasteiger partial charge in [0, 0.05) is 12.0 Å². The summed E-state index contributed by atoms with van der Waals surface area (Å²) in [5.41, 5.74) is 1.36. The molecule has 2 aliphatic rings. The molecule has 3 rings (SSSR count). The van der Waals surface area contributed by atoms with E-state index in [1.54, 1.807) is 0 Å². The van der Waals surface area contributed by atoms with E-state index in [4.69, 9.17) is 0 Å². The molecule has 3 heteroatoms. The highest BCUT2D eigenvalue weighted by molar-refractivity contribution is 5.78. The summed E-state index contributed by atoms with van der Waals surface area (Å²) in [7, 11) is 0. The monoisotopic (exact) mass is 272 g/mol. The predicted molar refractivity (Wildman–Crippen MR) is 80.6 cm³/mol. The number of hydrogen-bond acceptors (Lipinski definition) is 2. The Morgan fingerprint density at radius 2 is 1.90 bits per heavy atom. The van der Waals surface area contributed by atoms with Gasteiger partial charge in [0.25, 0.3) is 0 Å². The quantitative estimate of drug-likeness (QED) is 0.835. The number of hydrogen-bond donors (Lipinski definition) is 2. The van der Waals surface area contributed by atoms with Crippen molar-refractivity contribution in [2.75, 3.05) is 13.1 Å². The van der Waals surface area contributed by atoms with Gasteiger partial charge < -0.3 is 10.6 Å². The van der Waals surface area contributed by atoms with E-state index in [0.717, 1.165) is 18.9 Å². The first kappa shape index (κ1) is 13.6. The van der Waals surface area contributed by atoms with Crippen molar-refractivity contribution in [3.63, 3.8) is 0 Å². The Labute approximate surface area is 121 Å². The third-order valence-corrected chi connectivity index (χ3v) is 4.51. The lowest BCUT2D eigenvalue weighted by atomic mass is 9.94. The first-order chi connectivity index (χ1) is 9.83. The predicted octanol–water partition coefficient (Wildman–Crippen LogP) is 2.44. The number of carbonyl (C=O) groups is 1. The topological polar surface area (TPSA) is 41.1 Å². The largest absolute Gasteiger partial charge is 0.352 e. The fourth-order valence-corrected chi connectivity index (χ4v) is 3.20. The van der Waals surface area contributed by atoms with Gasteiger partial charge in [-0.25, -0.2) is 0 Å². The third kappa shape index (κ3) is 3.60. The molecule has 0 aliphatic heterocycles. The van der Waals surface area contributed by atoms with Crippen molar-refractivity contribution in [3.8, 4) is 0 Å². The molecule has 1 aromatic rings. The Kier molecular flexibility index (Phi) is 4.36. The highest BCUT2D eigenvalue weighted by Crippen LogP contribution is 2.34.